The van der Waals surface area contributed by atoms with Crippen LogP contribution in [-0.4, -0.2) is 43.0 Å². The monoisotopic (exact) mass is 516 g/mol. The molecule has 2 aliphatic heterocycles. The van der Waals surface area contributed by atoms with Crippen LogP contribution < -0.4 is 0 Å². The molecule has 1 aliphatic carbocycles. The van der Waals surface area contributed by atoms with E-state index in [0.717, 1.165) is 72.5 Å². The average Bonchev–Trinajstić information content (AvgIpc) is 3.24. The number of ether oxygens (including phenoxy) is 1. The summed E-state index contributed by atoms with van der Waals surface area (Å²) >= 11 is 0. The molecule has 38 heavy (non-hydrogen) atoms. The number of rotatable bonds is 6. The summed E-state index contributed by atoms with van der Waals surface area (Å²) in [6.45, 7) is 6.15. The van der Waals surface area contributed by atoms with Gasteiger partial charge in [-0.3, -0.25) is 4.79 Å². The van der Waals surface area contributed by atoms with Crippen molar-refractivity contribution in [3.05, 3.63) is 70.6 Å². The summed E-state index contributed by atoms with van der Waals surface area (Å²) < 4.78 is 35.6. The molecule has 2 aromatic carbocycles. The minimum Gasteiger partial charge on any atom is -0.407 e. The van der Waals surface area contributed by atoms with Gasteiger partial charge in [0.2, 0.25) is 5.95 Å². The first-order valence-corrected chi connectivity index (χ1v) is 13.8. The molecule has 3 fully saturated rings. The maximum atomic E-state index is 15.3. The van der Waals surface area contributed by atoms with Crippen molar-refractivity contribution < 1.29 is 23.2 Å². The van der Waals surface area contributed by atoms with E-state index in [1.807, 2.05) is 42.5 Å². The number of allylic oxidation sites excluding steroid dienone is 1. The van der Waals surface area contributed by atoms with Crippen molar-refractivity contribution >= 4 is 29.9 Å². The molecule has 3 heterocycles. The molecule has 0 N–H and O–H groups in total. The van der Waals surface area contributed by atoms with E-state index in [-0.39, 0.29) is 11.6 Å². The van der Waals surface area contributed by atoms with Crippen LogP contribution >= 0.6 is 0 Å². The van der Waals surface area contributed by atoms with Crippen LogP contribution in [0.15, 0.2) is 47.9 Å². The summed E-state index contributed by atoms with van der Waals surface area (Å²) in [4.78, 5) is 11.4. The first-order valence-electron chi connectivity index (χ1n) is 13.8. The topological polar surface area (TPSA) is 62.6 Å². The van der Waals surface area contributed by atoms with Crippen LogP contribution in [0.5, 0.6) is 0 Å². The first kappa shape index (κ1) is 25.5. The number of carbonyl (C=O) groups is 1. The lowest BCUT2D eigenvalue weighted by Gasteiger charge is -2.39. The number of hydrogen-bond donors (Lipinski definition) is 0. The highest BCUT2D eigenvalue weighted by molar-refractivity contribution is 6.56. The van der Waals surface area contributed by atoms with E-state index in [9.17, 15) is 4.79 Å². The summed E-state index contributed by atoms with van der Waals surface area (Å²) in [5, 5.41) is 4.71. The van der Waals surface area contributed by atoms with Crippen molar-refractivity contribution in [2.75, 3.05) is 19.8 Å². The van der Waals surface area contributed by atoms with E-state index in [0.29, 0.717) is 36.7 Å². The maximum Gasteiger partial charge on any atom is 0.490 e. The third-order valence-corrected chi connectivity index (χ3v) is 8.05. The first-order chi connectivity index (χ1) is 18.4. The zero-order chi connectivity index (χ0) is 26.3. The molecule has 1 unspecified atom stereocenters. The largest absolute Gasteiger partial charge is 0.490 e. The zero-order valence-corrected chi connectivity index (χ0v) is 22.1. The van der Waals surface area contributed by atoms with Gasteiger partial charge >= 0.3 is 7.12 Å². The van der Waals surface area contributed by atoms with Gasteiger partial charge in [0.05, 0.1) is 10.9 Å². The fourth-order valence-corrected chi connectivity index (χ4v) is 5.73. The molecular weight excluding hydrogens is 482 g/mol. The van der Waals surface area contributed by atoms with Gasteiger partial charge in [0.1, 0.15) is 6.29 Å². The molecule has 1 aromatic heterocycles. The van der Waals surface area contributed by atoms with Gasteiger partial charge < -0.3 is 14.0 Å². The van der Waals surface area contributed by atoms with Crippen molar-refractivity contribution in [2.45, 2.75) is 58.6 Å². The molecule has 0 spiro atoms. The molecule has 8 heteroatoms. The van der Waals surface area contributed by atoms with Gasteiger partial charge in [-0.15, -0.1) is 5.10 Å². The van der Waals surface area contributed by atoms with E-state index in [1.165, 1.54) is 0 Å². The van der Waals surface area contributed by atoms with Crippen molar-refractivity contribution in [1.29, 1.82) is 0 Å². The van der Waals surface area contributed by atoms with Crippen LogP contribution in [0.3, 0.4) is 0 Å². The summed E-state index contributed by atoms with van der Waals surface area (Å²) in [7, 11) is -0.465. The van der Waals surface area contributed by atoms with Gasteiger partial charge in [-0.1, -0.05) is 50.6 Å². The number of nitrogens with zero attached hydrogens (tertiary/aromatic N) is 2. The number of aromatic nitrogens is 2. The molecule has 1 atom stereocenters. The SMILES string of the molecule is CC1(C)COB(/C(=C(/c2ccc(C=O)cc2)c2ccc3c(c2)c(F)nn3C2CCCCO2)C2CCC2)OC1. The Labute approximate surface area is 223 Å². The van der Waals surface area contributed by atoms with Crippen LogP contribution in [0.2, 0.25) is 0 Å². The van der Waals surface area contributed by atoms with Crippen LogP contribution in [-0.2, 0) is 14.0 Å². The molecule has 2 saturated heterocycles. The molecule has 6 rings (SSSR count). The van der Waals surface area contributed by atoms with Crippen molar-refractivity contribution in [3.8, 4) is 0 Å². The maximum absolute atomic E-state index is 15.3. The Morgan fingerprint density at radius 1 is 1.03 bits per heavy atom. The Morgan fingerprint density at radius 3 is 2.39 bits per heavy atom. The quantitative estimate of drug-likeness (QED) is 0.281. The van der Waals surface area contributed by atoms with Crippen LogP contribution in [0, 0.1) is 17.3 Å². The number of hydrogen-bond acceptors (Lipinski definition) is 5. The van der Waals surface area contributed by atoms with Gasteiger partial charge in [-0.25, -0.2) is 4.68 Å². The van der Waals surface area contributed by atoms with Crippen molar-refractivity contribution in [3.63, 3.8) is 0 Å². The van der Waals surface area contributed by atoms with Gasteiger partial charge in [-0.05, 0) is 72.3 Å². The summed E-state index contributed by atoms with van der Waals surface area (Å²) in [5.41, 5.74) is 5.22. The zero-order valence-electron chi connectivity index (χ0n) is 22.1. The molecular formula is C30H34BFN2O4. The summed E-state index contributed by atoms with van der Waals surface area (Å²) in [6, 6.07) is 13.5. The normalized spacial score (nSPS) is 22.7. The van der Waals surface area contributed by atoms with E-state index in [4.69, 9.17) is 14.0 Å². The average molecular weight is 516 g/mol. The molecule has 1 saturated carbocycles. The van der Waals surface area contributed by atoms with Crippen LogP contribution in [0.1, 0.15) is 80.1 Å². The number of fused-ring (bicyclic) bond motifs is 1. The van der Waals surface area contributed by atoms with Crippen molar-refractivity contribution in [2.24, 2.45) is 11.3 Å². The predicted octanol–water partition coefficient (Wildman–Crippen LogP) is 6.39. The summed E-state index contributed by atoms with van der Waals surface area (Å²) in [5.74, 6) is -0.176. The van der Waals surface area contributed by atoms with Gasteiger partial charge in [0.25, 0.3) is 0 Å². The lowest BCUT2D eigenvalue weighted by molar-refractivity contribution is -0.0375. The molecule has 0 amide bonds. The predicted molar refractivity (Wildman–Crippen MR) is 145 cm³/mol. The lowest BCUT2D eigenvalue weighted by atomic mass is 9.59. The number of carbonyl (C=O) groups excluding carboxylic acids is 1. The fourth-order valence-electron chi connectivity index (χ4n) is 5.73. The fraction of sp³-hybridized carbons (Fsp3) is 0.467. The smallest absolute Gasteiger partial charge is 0.407 e. The Kier molecular flexibility index (Phi) is 6.97. The van der Waals surface area contributed by atoms with Crippen molar-refractivity contribution in [1.82, 2.24) is 9.78 Å². The van der Waals surface area contributed by atoms with Gasteiger partial charge in [-0.2, -0.15) is 4.39 Å². The van der Waals surface area contributed by atoms with E-state index in [2.05, 4.69) is 18.9 Å². The Hall–Kier alpha value is -2.81. The molecule has 0 radical (unpaired) electrons. The van der Waals surface area contributed by atoms with E-state index in [1.54, 1.807) is 4.68 Å². The second-order valence-corrected chi connectivity index (χ2v) is 11.6. The van der Waals surface area contributed by atoms with Crippen LogP contribution in [0.4, 0.5) is 4.39 Å². The second kappa shape index (κ2) is 10.4. The number of benzene rings is 2. The third kappa shape index (κ3) is 4.85. The third-order valence-electron chi connectivity index (χ3n) is 8.05. The van der Waals surface area contributed by atoms with E-state index < -0.39 is 13.1 Å². The molecule has 3 aromatic rings. The highest BCUT2D eigenvalue weighted by atomic mass is 19.1. The molecule has 3 aliphatic rings. The summed E-state index contributed by atoms with van der Waals surface area (Å²) in [6.07, 6.45) is 6.76. The second-order valence-electron chi connectivity index (χ2n) is 11.6. The Balaban J connectivity index is 1.50. The Bertz CT molecular complexity index is 1350. The van der Waals surface area contributed by atoms with Crippen LogP contribution in [0.25, 0.3) is 16.5 Å². The highest BCUT2D eigenvalue weighted by Crippen LogP contribution is 2.43. The Morgan fingerprint density at radius 2 is 1.76 bits per heavy atom. The molecule has 198 valence electrons. The number of halogens is 1. The van der Waals surface area contributed by atoms with E-state index >= 15 is 4.39 Å². The minimum atomic E-state index is -0.496. The van der Waals surface area contributed by atoms with Gasteiger partial charge in [0.15, 0.2) is 6.23 Å². The highest BCUT2D eigenvalue weighted by Gasteiger charge is 2.41. The lowest BCUT2D eigenvalue weighted by Crippen LogP contribution is -2.44. The molecule has 6 nitrogen and oxygen atoms in total. The minimum absolute atomic E-state index is 0.0508. The van der Waals surface area contributed by atoms with Gasteiger partial charge in [0, 0.05) is 30.8 Å². The number of aldehydes is 1. The standard InChI is InChI=1S/C30H34BFN2O4/c1-30(2)18-37-31(38-19-30)28(22-6-5-7-22)27(21-11-9-20(17-35)10-12-21)23-13-14-25-24(16-23)29(32)33-34(25)26-8-3-4-15-36-26/h9-14,16-17,22,26H,3-8,15,18-19H2,1-2H3/b28-27-. The molecule has 0 bridgehead atoms.